The number of alkyl halides is 3. The van der Waals surface area contributed by atoms with Crippen molar-refractivity contribution in [2.75, 3.05) is 0 Å². The van der Waals surface area contributed by atoms with E-state index in [4.69, 9.17) is 0 Å². The van der Waals surface area contributed by atoms with Gasteiger partial charge in [0.1, 0.15) is 5.75 Å². The van der Waals surface area contributed by atoms with Crippen LogP contribution in [-0.4, -0.2) is 6.36 Å². The molecule has 0 aliphatic carbocycles. The highest BCUT2D eigenvalue weighted by Gasteiger charge is 2.31. The predicted octanol–water partition coefficient (Wildman–Crippen LogP) is 3.77. The minimum atomic E-state index is -4.59. The van der Waals surface area contributed by atoms with E-state index in [1.807, 2.05) is 13.8 Å². The van der Waals surface area contributed by atoms with Crippen LogP contribution in [0.2, 0.25) is 0 Å². The van der Waals surface area contributed by atoms with Gasteiger partial charge in [-0.05, 0) is 12.0 Å². The molecule has 0 saturated heterocycles. The van der Waals surface area contributed by atoms with Crippen LogP contribution in [0.1, 0.15) is 24.6 Å². The van der Waals surface area contributed by atoms with E-state index in [2.05, 4.69) is 4.74 Å². The van der Waals surface area contributed by atoms with Crippen LogP contribution < -0.4 is 4.74 Å². The predicted molar refractivity (Wildman–Crippen MR) is 45.1 cm³/mol. The van der Waals surface area contributed by atoms with Crippen molar-refractivity contribution in [2.45, 2.75) is 26.1 Å². The van der Waals surface area contributed by atoms with E-state index in [0.717, 1.165) is 4.88 Å². The molecular weight excluding hydrogens is 201 g/mol. The molecule has 0 unspecified atom stereocenters. The molecule has 0 fully saturated rings. The number of halogens is 3. The third-order valence-electron chi connectivity index (χ3n) is 1.40. The molecule has 1 heterocycles. The number of thiophene rings is 1. The van der Waals surface area contributed by atoms with E-state index in [1.54, 1.807) is 0 Å². The molecule has 1 rings (SSSR count). The van der Waals surface area contributed by atoms with Gasteiger partial charge in [-0.3, -0.25) is 0 Å². The van der Waals surface area contributed by atoms with Crippen LogP contribution in [0, 0.1) is 0 Å². The van der Waals surface area contributed by atoms with Gasteiger partial charge in [-0.15, -0.1) is 24.5 Å². The van der Waals surface area contributed by atoms with Crippen molar-refractivity contribution in [1.29, 1.82) is 0 Å². The lowest BCUT2D eigenvalue weighted by molar-refractivity contribution is -0.274. The summed E-state index contributed by atoms with van der Waals surface area (Å²) in [5, 5.41) is 1.36. The van der Waals surface area contributed by atoms with Crippen molar-refractivity contribution >= 4 is 11.3 Å². The lowest BCUT2D eigenvalue weighted by Crippen LogP contribution is -2.16. The van der Waals surface area contributed by atoms with E-state index in [-0.39, 0.29) is 11.7 Å². The minimum Gasteiger partial charge on any atom is -0.405 e. The van der Waals surface area contributed by atoms with Gasteiger partial charge in [0.15, 0.2) is 0 Å². The van der Waals surface area contributed by atoms with Crippen molar-refractivity contribution in [3.63, 3.8) is 0 Å². The third kappa shape index (κ3) is 3.26. The smallest absolute Gasteiger partial charge is 0.405 e. The Labute approximate surface area is 78.1 Å². The molecule has 1 aromatic rings. The van der Waals surface area contributed by atoms with Crippen molar-refractivity contribution in [1.82, 2.24) is 0 Å². The van der Waals surface area contributed by atoms with Crippen molar-refractivity contribution < 1.29 is 17.9 Å². The zero-order valence-electron chi connectivity index (χ0n) is 7.18. The maximum atomic E-state index is 11.7. The fourth-order valence-electron chi connectivity index (χ4n) is 0.824. The van der Waals surface area contributed by atoms with E-state index < -0.39 is 6.36 Å². The van der Waals surface area contributed by atoms with Gasteiger partial charge in [0.25, 0.3) is 0 Å². The number of rotatable bonds is 2. The Hall–Kier alpha value is -0.710. The van der Waals surface area contributed by atoms with E-state index in [1.165, 1.54) is 22.8 Å². The summed E-state index contributed by atoms with van der Waals surface area (Å²) in [6.45, 7) is 3.84. The Morgan fingerprint density at radius 3 is 2.38 bits per heavy atom. The zero-order valence-corrected chi connectivity index (χ0v) is 8.00. The molecule has 0 aliphatic heterocycles. The SMILES string of the molecule is CC(C)c1cc(OC(F)(F)F)cs1. The second-order valence-corrected chi connectivity index (χ2v) is 3.83. The average molecular weight is 210 g/mol. The highest BCUT2D eigenvalue weighted by atomic mass is 32.1. The van der Waals surface area contributed by atoms with Crippen LogP contribution in [0.5, 0.6) is 5.75 Å². The summed E-state index contributed by atoms with van der Waals surface area (Å²) in [7, 11) is 0. The fourth-order valence-corrected chi connectivity index (χ4v) is 1.65. The Kier molecular flexibility index (Phi) is 2.85. The summed E-state index contributed by atoms with van der Waals surface area (Å²) in [6, 6.07) is 1.42. The Bertz CT molecular complexity index is 277. The first kappa shape index (κ1) is 10.4. The van der Waals surface area contributed by atoms with Gasteiger partial charge in [-0.1, -0.05) is 13.8 Å². The van der Waals surface area contributed by atoms with Gasteiger partial charge in [0.2, 0.25) is 0 Å². The monoisotopic (exact) mass is 210 g/mol. The molecule has 0 atom stereocenters. The van der Waals surface area contributed by atoms with E-state index in [9.17, 15) is 13.2 Å². The lowest BCUT2D eigenvalue weighted by Gasteiger charge is -2.05. The molecule has 0 saturated carbocycles. The van der Waals surface area contributed by atoms with Crippen LogP contribution >= 0.6 is 11.3 Å². The molecule has 13 heavy (non-hydrogen) atoms. The topological polar surface area (TPSA) is 9.23 Å². The zero-order chi connectivity index (χ0) is 10.1. The summed E-state index contributed by atoms with van der Waals surface area (Å²) in [6.07, 6.45) is -4.59. The highest BCUT2D eigenvalue weighted by molar-refractivity contribution is 7.10. The van der Waals surface area contributed by atoms with E-state index >= 15 is 0 Å². The molecule has 1 nitrogen and oxygen atoms in total. The summed E-state index contributed by atoms with van der Waals surface area (Å²) < 4.78 is 38.9. The number of ether oxygens (including phenoxy) is 1. The van der Waals surface area contributed by atoms with Gasteiger partial charge in [0.05, 0.1) is 0 Å². The minimum absolute atomic E-state index is 0.124. The van der Waals surface area contributed by atoms with Gasteiger partial charge < -0.3 is 4.74 Å². The van der Waals surface area contributed by atoms with Gasteiger partial charge >= 0.3 is 6.36 Å². The van der Waals surface area contributed by atoms with Crippen LogP contribution in [0.4, 0.5) is 13.2 Å². The summed E-state index contributed by atoms with van der Waals surface area (Å²) in [5.41, 5.74) is 0. The van der Waals surface area contributed by atoms with Gasteiger partial charge in [-0.2, -0.15) is 0 Å². The molecule has 0 amide bonds. The van der Waals surface area contributed by atoms with Crippen LogP contribution in [0.15, 0.2) is 11.4 Å². The van der Waals surface area contributed by atoms with Crippen LogP contribution in [0.3, 0.4) is 0 Å². The number of hydrogen-bond acceptors (Lipinski definition) is 2. The average Bonchev–Trinajstić information content (AvgIpc) is 2.31. The van der Waals surface area contributed by atoms with Crippen molar-refractivity contribution in [3.05, 3.63) is 16.3 Å². The van der Waals surface area contributed by atoms with Gasteiger partial charge in [0, 0.05) is 10.3 Å². The van der Waals surface area contributed by atoms with Crippen LogP contribution in [-0.2, 0) is 0 Å². The lowest BCUT2D eigenvalue weighted by atomic mass is 10.2. The quantitative estimate of drug-likeness (QED) is 0.722. The summed E-state index contributed by atoms with van der Waals surface area (Å²) >= 11 is 1.27. The van der Waals surface area contributed by atoms with Crippen LogP contribution in [0.25, 0.3) is 0 Å². The molecule has 0 aromatic carbocycles. The Morgan fingerprint density at radius 1 is 1.38 bits per heavy atom. The third-order valence-corrected chi connectivity index (χ3v) is 2.61. The highest BCUT2D eigenvalue weighted by Crippen LogP contribution is 2.31. The molecule has 1 aromatic heterocycles. The van der Waals surface area contributed by atoms with Crippen molar-refractivity contribution in [3.8, 4) is 5.75 Å². The summed E-state index contributed by atoms with van der Waals surface area (Å²) in [4.78, 5) is 0.888. The maximum absolute atomic E-state index is 11.7. The first-order valence-electron chi connectivity index (χ1n) is 3.72. The second-order valence-electron chi connectivity index (χ2n) is 2.89. The Morgan fingerprint density at radius 2 is 2.00 bits per heavy atom. The maximum Gasteiger partial charge on any atom is 0.573 e. The molecule has 0 spiro atoms. The number of hydrogen-bond donors (Lipinski definition) is 0. The molecule has 0 N–H and O–H groups in total. The molecule has 0 radical (unpaired) electrons. The standard InChI is InChI=1S/C8H9F3OS/c1-5(2)7-3-6(4-13-7)12-8(9,10)11/h3-5H,1-2H3. The Balaban J connectivity index is 2.70. The van der Waals surface area contributed by atoms with Crippen molar-refractivity contribution in [2.24, 2.45) is 0 Å². The molecule has 5 heteroatoms. The molecule has 74 valence electrons. The normalized spacial score (nSPS) is 12.2. The van der Waals surface area contributed by atoms with E-state index in [0.29, 0.717) is 0 Å². The first-order valence-corrected chi connectivity index (χ1v) is 4.60. The molecule has 0 aliphatic rings. The summed E-state index contributed by atoms with van der Waals surface area (Å²) in [5.74, 6) is 0.108. The van der Waals surface area contributed by atoms with Gasteiger partial charge in [-0.25, -0.2) is 0 Å². The second kappa shape index (κ2) is 3.57. The first-order chi connectivity index (χ1) is 5.88. The molecular formula is C8H9F3OS. The fraction of sp³-hybridized carbons (Fsp3) is 0.500. The molecule has 0 bridgehead atoms. The largest absolute Gasteiger partial charge is 0.573 e.